The largest absolute Gasteiger partial charge is 0.390 e. The number of carbonyl (C=O) groups is 1. The van der Waals surface area contributed by atoms with Crippen LogP contribution in [-0.4, -0.2) is 63.7 Å². The lowest BCUT2D eigenvalue weighted by Crippen LogP contribution is -2.49. The minimum atomic E-state index is -3.01. The number of anilines is 2. The maximum atomic E-state index is 14.0. The Balaban J connectivity index is 1.83. The van der Waals surface area contributed by atoms with Crippen LogP contribution in [0.2, 0.25) is 0 Å². The summed E-state index contributed by atoms with van der Waals surface area (Å²) in [6.07, 6.45) is 3.58. The van der Waals surface area contributed by atoms with Gasteiger partial charge in [0.1, 0.15) is 11.6 Å². The Labute approximate surface area is 250 Å². The predicted molar refractivity (Wildman–Crippen MR) is 168 cm³/mol. The lowest BCUT2D eigenvalue weighted by atomic mass is 9.99. The fraction of sp³-hybridized carbons (Fsp3) is 0.581. The van der Waals surface area contributed by atoms with E-state index in [9.17, 15) is 27.8 Å². The van der Waals surface area contributed by atoms with Gasteiger partial charge < -0.3 is 21.1 Å². The molecule has 3 rings (SSSR count). The molecule has 0 aromatic heterocycles. The first-order valence-corrected chi connectivity index (χ1v) is 16.6. The summed E-state index contributed by atoms with van der Waals surface area (Å²) in [6, 6.07) is 7.53. The van der Waals surface area contributed by atoms with Gasteiger partial charge in [0, 0.05) is 43.0 Å². The zero-order valence-electron chi connectivity index (χ0n) is 25.2. The summed E-state index contributed by atoms with van der Waals surface area (Å²) in [7, 11) is -3.01. The quantitative estimate of drug-likeness (QED) is 0.143. The third-order valence-corrected chi connectivity index (χ3v) is 9.42. The second kappa shape index (κ2) is 15.9. The van der Waals surface area contributed by atoms with Crippen molar-refractivity contribution in [3.05, 3.63) is 59.2 Å². The van der Waals surface area contributed by atoms with Crippen LogP contribution in [-0.2, 0) is 6.42 Å². The van der Waals surface area contributed by atoms with Gasteiger partial charge in [-0.25, -0.2) is 8.78 Å². The number of amides is 1. The molecule has 1 aliphatic heterocycles. The van der Waals surface area contributed by atoms with Crippen LogP contribution in [0, 0.1) is 17.6 Å². The van der Waals surface area contributed by atoms with Gasteiger partial charge in [-0.3, -0.25) is 18.2 Å². The Hall–Kier alpha value is -2.44. The molecule has 1 unspecified atom stereocenters. The Morgan fingerprint density at radius 1 is 1.02 bits per heavy atom. The molecule has 0 spiro atoms. The van der Waals surface area contributed by atoms with Crippen molar-refractivity contribution >= 4 is 28.1 Å². The second-order valence-corrected chi connectivity index (χ2v) is 13.8. The average molecular weight is 611 g/mol. The van der Waals surface area contributed by atoms with Crippen molar-refractivity contribution in [2.75, 3.05) is 35.0 Å². The predicted octanol–water partition coefficient (Wildman–Crippen LogP) is 6.17. The fourth-order valence-electron chi connectivity index (χ4n) is 5.21. The van der Waals surface area contributed by atoms with Gasteiger partial charge in [-0.1, -0.05) is 26.7 Å². The molecular formula is C31H48F2N4O4S. The molecule has 3 atom stereocenters. The van der Waals surface area contributed by atoms with Gasteiger partial charge in [-0.15, -0.1) is 10.8 Å². The van der Waals surface area contributed by atoms with E-state index in [2.05, 4.69) is 29.8 Å². The Morgan fingerprint density at radius 3 is 2.38 bits per heavy atom. The highest BCUT2D eigenvalue weighted by Crippen LogP contribution is 2.50. The van der Waals surface area contributed by atoms with Gasteiger partial charge in [0.25, 0.3) is 5.91 Å². The lowest BCUT2D eigenvalue weighted by Gasteiger charge is -2.47. The van der Waals surface area contributed by atoms with E-state index in [1.54, 1.807) is 22.5 Å². The third-order valence-electron chi connectivity index (χ3n) is 7.48. The van der Waals surface area contributed by atoms with Crippen LogP contribution >= 0.6 is 10.8 Å². The van der Waals surface area contributed by atoms with Gasteiger partial charge in [-0.2, -0.15) is 0 Å². The summed E-state index contributed by atoms with van der Waals surface area (Å²) in [5, 5.41) is 20.6. The summed E-state index contributed by atoms with van der Waals surface area (Å²) in [5.41, 5.74) is 1.73. The Bertz CT molecular complexity index is 1150. The number of aliphatic hydroxyl groups is 1. The van der Waals surface area contributed by atoms with E-state index in [1.165, 1.54) is 12.1 Å². The zero-order valence-corrected chi connectivity index (χ0v) is 26.0. The summed E-state index contributed by atoms with van der Waals surface area (Å²) in [6.45, 7) is 9.55. The molecule has 0 saturated carbocycles. The first-order chi connectivity index (χ1) is 19.9. The van der Waals surface area contributed by atoms with E-state index < -0.39 is 40.5 Å². The lowest BCUT2D eigenvalue weighted by molar-refractivity contribution is 0.0825. The van der Waals surface area contributed by atoms with E-state index in [4.69, 9.17) is 0 Å². The highest BCUT2D eigenvalue weighted by atomic mass is 32.3. The fourth-order valence-corrected chi connectivity index (χ4v) is 6.89. The number of halogens is 2. The van der Waals surface area contributed by atoms with Gasteiger partial charge >= 0.3 is 0 Å². The van der Waals surface area contributed by atoms with Crippen LogP contribution in [0.1, 0.15) is 75.7 Å². The molecule has 1 amide bonds. The summed E-state index contributed by atoms with van der Waals surface area (Å²) >= 11 is 0. The number of aliphatic hydroxyl groups excluding tert-OH is 1. The molecule has 1 aliphatic rings. The van der Waals surface area contributed by atoms with Crippen LogP contribution in [0.3, 0.4) is 0 Å². The molecule has 1 fully saturated rings. The van der Waals surface area contributed by atoms with Crippen molar-refractivity contribution in [3.8, 4) is 0 Å². The molecule has 6 N–H and O–H groups in total. The number of carbonyl (C=O) groups excluding carboxylic acids is 1. The maximum Gasteiger partial charge on any atom is 0.251 e. The molecule has 0 bridgehead atoms. The van der Waals surface area contributed by atoms with Crippen LogP contribution in [0.4, 0.5) is 20.2 Å². The van der Waals surface area contributed by atoms with Gasteiger partial charge in [0.15, 0.2) is 0 Å². The minimum Gasteiger partial charge on any atom is -0.390 e. The number of rotatable bonds is 15. The molecular weight excluding hydrogens is 562 g/mol. The molecule has 0 radical (unpaired) electrons. The Kier molecular flexibility index (Phi) is 12.9. The molecule has 1 saturated heterocycles. The topological polar surface area (TPSA) is 117 Å². The van der Waals surface area contributed by atoms with Crippen molar-refractivity contribution < 1.29 is 27.8 Å². The van der Waals surface area contributed by atoms with Crippen LogP contribution in [0.25, 0.3) is 0 Å². The minimum absolute atomic E-state index is 0.0113. The number of benzene rings is 2. The molecule has 8 nitrogen and oxygen atoms in total. The summed E-state index contributed by atoms with van der Waals surface area (Å²) in [4.78, 5) is 13.6. The number of nitrogens with zero attached hydrogens (tertiary/aromatic N) is 1. The SMILES string of the molecule is CCNc1cc(C(=O)N[C@@H](Cc2cc(F)cc(F)c2)[C@H](O)CNC(C)CCCC(C)C)cc(N2CCCCS2(O)O)c1. The van der Waals surface area contributed by atoms with E-state index in [0.29, 0.717) is 42.4 Å². The van der Waals surface area contributed by atoms with Crippen molar-refractivity contribution in [2.24, 2.45) is 5.92 Å². The molecule has 1 heterocycles. The summed E-state index contributed by atoms with van der Waals surface area (Å²) in [5.74, 6) is -1.07. The normalized spacial score (nSPS) is 17.9. The Morgan fingerprint density at radius 2 is 1.74 bits per heavy atom. The molecule has 2 aromatic carbocycles. The molecule has 0 aliphatic carbocycles. The van der Waals surface area contributed by atoms with Crippen LogP contribution < -0.4 is 20.3 Å². The third kappa shape index (κ3) is 10.4. The average Bonchev–Trinajstić information content (AvgIpc) is 2.90. The van der Waals surface area contributed by atoms with Gasteiger partial charge in [0.2, 0.25) is 0 Å². The molecule has 2 aromatic rings. The maximum absolute atomic E-state index is 14.0. The summed E-state index contributed by atoms with van der Waals surface area (Å²) < 4.78 is 50.9. The van der Waals surface area contributed by atoms with Crippen LogP contribution in [0.15, 0.2) is 36.4 Å². The number of hydrogen-bond acceptors (Lipinski definition) is 7. The monoisotopic (exact) mass is 610 g/mol. The first kappa shape index (κ1) is 34.1. The van der Waals surface area contributed by atoms with Crippen molar-refractivity contribution in [1.29, 1.82) is 0 Å². The highest BCUT2D eigenvalue weighted by Gasteiger charge is 2.29. The van der Waals surface area contributed by atoms with Crippen molar-refractivity contribution in [2.45, 2.75) is 84.4 Å². The van der Waals surface area contributed by atoms with Gasteiger partial charge in [-0.05, 0) is 81.3 Å². The van der Waals surface area contributed by atoms with E-state index in [0.717, 1.165) is 31.7 Å². The molecule has 11 heteroatoms. The smallest absolute Gasteiger partial charge is 0.251 e. The number of hydrogen-bond donors (Lipinski definition) is 6. The first-order valence-electron chi connectivity index (χ1n) is 15.0. The van der Waals surface area contributed by atoms with E-state index in [1.807, 2.05) is 13.8 Å². The van der Waals surface area contributed by atoms with Crippen molar-refractivity contribution in [1.82, 2.24) is 10.6 Å². The second-order valence-electron chi connectivity index (χ2n) is 11.7. The van der Waals surface area contributed by atoms with Gasteiger partial charge in [0.05, 0.1) is 23.6 Å². The highest BCUT2D eigenvalue weighted by molar-refractivity contribution is 8.25. The molecule has 236 valence electrons. The number of nitrogens with one attached hydrogen (secondary N) is 3. The van der Waals surface area contributed by atoms with Crippen LogP contribution in [0.5, 0.6) is 0 Å². The van der Waals surface area contributed by atoms with Crippen molar-refractivity contribution in [3.63, 3.8) is 0 Å². The zero-order chi connectivity index (χ0) is 30.9. The standard InChI is InChI=1S/C31H48F2N4O4S/c1-5-34-27-16-24(17-28(19-27)37-11-6-7-12-42(37,40)41)31(39)36-29(15-23-13-25(32)18-26(33)14-23)30(38)20-35-22(4)10-8-9-21(2)3/h13-14,16-19,21-22,29-30,34-35,38,40-41H,5-12,15,20H2,1-4H3,(H,36,39)/t22?,29-,30+/m0/s1. The van der Waals surface area contributed by atoms with E-state index >= 15 is 0 Å². The van der Waals surface area contributed by atoms with E-state index in [-0.39, 0.29) is 30.3 Å². The molecule has 42 heavy (non-hydrogen) atoms.